The van der Waals surface area contributed by atoms with Crippen molar-refractivity contribution in [3.63, 3.8) is 0 Å². The van der Waals surface area contributed by atoms with Crippen LogP contribution in [0.3, 0.4) is 0 Å². The van der Waals surface area contributed by atoms with Crippen molar-refractivity contribution < 1.29 is 19.0 Å². The summed E-state index contributed by atoms with van der Waals surface area (Å²) in [5.74, 6) is 0.851. The first-order valence-electron chi connectivity index (χ1n) is 6.10. The molecular weight excluding hydrogens is 327 g/mol. The lowest BCUT2D eigenvalue weighted by atomic mass is 10.2. The van der Waals surface area contributed by atoms with E-state index in [9.17, 15) is 4.39 Å². The van der Waals surface area contributed by atoms with Gasteiger partial charge in [-0.3, -0.25) is 0 Å². The van der Waals surface area contributed by atoms with Gasteiger partial charge in [0.1, 0.15) is 19.0 Å². The Balaban J connectivity index is 2.04. The minimum Gasteiger partial charge on any atom is -0.487 e. The van der Waals surface area contributed by atoms with Gasteiger partial charge in [-0.1, -0.05) is 18.2 Å². The van der Waals surface area contributed by atoms with Crippen LogP contribution in [0.15, 0.2) is 46.9 Å². The molecule has 3 nitrogen and oxygen atoms in total. The number of hydrogen-bond acceptors (Lipinski definition) is 3. The third-order valence-corrected chi connectivity index (χ3v) is 3.18. The minimum atomic E-state index is -0.305. The van der Waals surface area contributed by atoms with E-state index in [1.54, 1.807) is 24.3 Å². The molecule has 2 aromatic carbocycles. The first-order valence-corrected chi connectivity index (χ1v) is 6.89. The predicted octanol–water partition coefficient (Wildman–Crippen LogP) is 3.54. The number of halogens is 2. The first-order chi connectivity index (χ1) is 9.70. The Morgan fingerprint density at radius 1 is 1.05 bits per heavy atom. The van der Waals surface area contributed by atoms with E-state index >= 15 is 0 Å². The highest BCUT2D eigenvalue weighted by molar-refractivity contribution is 9.10. The summed E-state index contributed by atoms with van der Waals surface area (Å²) in [6.45, 7) is 0.458. The molecule has 2 aromatic rings. The zero-order chi connectivity index (χ0) is 14.4. The summed E-state index contributed by atoms with van der Waals surface area (Å²) in [6.07, 6.45) is 0. The molecule has 0 heterocycles. The second-order valence-corrected chi connectivity index (χ2v) is 4.91. The van der Waals surface area contributed by atoms with Crippen LogP contribution in [0.4, 0.5) is 4.39 Å². The number of aliphatic hydroxyl groups excluding tert-OH is 1. The van der Waals surface area contributed by atoms with E-state index in [0.717, 1.165) is 5.56 Å². The second-order valence-electron chi connectivity index (χ2n) is 4.06. The van der Waals surface area contributed by atoms with Gasteiger partial charge in [0.15, 0.2) is 11.5 Å². The normalized spacial score (nSPS) is 10.3. The molecule has 106 valence electrons. The molecule has 1 N–H and O–H groups in total. The van der Waals surface area contributed by atoms with Crippen LogP contribution < -0.4 is 9.47 Å². The van der Waals surface area contributed by atoms with Crippen molar-refractivity contribution in [1.29, 1.82) is 0 Å². The van der Waals surface area contributed by atoms with Crippen LogP contribution in [0.25, 0.3) is 0 Å². The molecule has 5 heteroatoms. The average Bonchev–Trinajstić information content (AvgIpc) is 2.47. The Morgan fingerprint density at radius 2 is 1.75 bits per heavy atom. The molecule has 0 amide bonds. The second kappa shape index (κ2) is 7.26. The molecule has 0 fully saturated rings. The van der Waals surface area contributed by atoms with Gasteiger partial charge in [-0.2, -0.15) is 0 Å². The Labute approximate surface area is 125 Å². The number of ether oxygens (including phenoxy) is 2. The fourth-order valence-corrected chi connectivity index (χ4v) is 2.06. The van der Waals surface area contributed by atoms with Gasteiger partial charge in [0, 0.05) is 0 Å². The lowest BCUT2D eigenvalue weighted by Gasteiger charge is -2.12. The fourth-order valence-electron chi connectivity index (χ4n) is 1.63. The zero-order valence-electron chi connectivity index (χ0n) is 10.7. The van der Waals surface area contributed by atoms with Gasteiger partial charge in [0.25, 0.3) is 0 Å². The van der Waals surface area contributed by atoms with Crippen molar-refractivity contribution in [1.82, 2.24) is 0 Å². The van der Waals surface area contributed by atoms with Gasteiger partial charge >= 0.3 is 0 Å². The van der Waals surface area contributed by atoms with E-state index < -0.39 is 0 Å². The molecule has 0 saturated carbocycles. The van der Waals surface area contributed by atoms with Crippen molar-refractivity contribution in [2.24, 2.45) is 0 Å². The van der Waals surface area contributed by atoms with Crippen LogP contribution in [0, 0.1) is 5.82 Å². The molecule has 0 atom stereocenters. The topological polar surface area (TPSA) is 38.7 Å². The van der Waals surface area contributed by atoms with E-state index in [1.165, 1.54) is 6.07 Å². The monoisotopic (exact) mass is 340 g/mol. The van der Waals surface area contributed by atoms with Crippen molar-refractivity contribution in [2.45, 2.75) is 6.61 Å². The molecule has 0 aromatic heterocycles. The fraction of sp³-hybridized carbons (Fsp3) is 0.200. The van der Waals surface area contributed by atoms with Gasteiger partial charge in [0.05, 0.1) is 11.1 Å². The number of hydrogen-bond donors (Lipinski definition) is 1. The summed E-state index contributed by atoms with van der Waals surface area (Å²) in [7, 11) is 0. The van der Waals surface area contributed by atoms with E-state index in [0.29, 0.717) is 22.6 Å². The van der Waals surface area contributed by atoms with Gasteiger partial charge in [-0.25, -0.2) is 4.39 Å². The van der Waals surface area contributed by atoms with E-state index in [2.05, 4.69) is 15.9 Å². The third kappa shape index (κ3) is 3.95. The summed E-state index contributed by atoms with van der Waals surface area (Å²) in [5.41, 5.74) is 0.843. The number of aliphatic hydroxyl groups is 1. The van der Waals surface area contributed by atoms with Gasteiger partial charge in [-0.05, 0) is 45.8 Å². The largest absolute Gasteiger partial charge is 0.487 e. The Morgan fingerprint density at radius 3 is 2.40 bits per heavy atom. The first kappa shape index (κ1) is 14.8. The zero-order valence-corrected chi connectivity index (χ0v) is 12.3. The van der Waals surface area contributed by atoms with Crippen molar-refractivity contribution in [3.8, 4) is 11.5 Å². The maximum atomic E-state index is 13.1. The SMILES string of the molecule is OCCOc1ccccc1OCc1ccc(F)c(Br)c1. The van der Waals surface area contributed by atoms with E-state index in [-0.39, 0.29) is 19.0 Å². The lowest BCUT2D eigenvalue weighted by molar-refractivity contribution is 0.192. The van der Waals surface area contributed by atoms with Crippen molar-refractivity contribution in [3.05, 3.63) is 58.3 Å². The predicted molar refractivity (Wildman–Crippen MR) is 77.5 cm³/mol. The number of benzene rings is 2. The van der Waals surface area contributed by atoms with Crippen LogP contribution in [-0.4, -0.2) is 18.3 Å². The standard InChI is InChI=1S/C15H14BrFO3/c16-12-9-11(5-6-13(12)17)10-20-15-4-2-1-3-14(15)19-8-7-18/h1-6,9,18H,7-8,10H2. The summed E-state index contributed by atoms with van der Waals surface area (Å²) in [4.78, 5) is 0. The van der Waals surface area contributed by atoms with Crippen LogP contribution >= 0.6 is 15.9 Å². The van der Waals surface area contributed by atoms with Crippen molar-refractivity contribution in [2.75, 3.05) is 13.2 Å². The molecule has 0 spiro atoms. The smallest absolute Gasteiger partial charge is 0.161 e. The molecule has 20 heavy (non-hydrogen) atoms. The summed E-state index contributed by atoms with van der Waals surface area (Å²) >= 11 is 3.14. The molecular formula is C15H14BrFO3. The summed E-state index contributed by atoms with van der Waals surface area (Å²) < 4.78 is 24.6. The molecule has 0 bridgehead atoms. The minimum absolute atomic E-state index is 0.0563. The highest BCUT2D eigenvalue weighted by Gasteiger charge is 2.06. The van der Waals surface area contributed by atoms with Crippen LogP contribution in [0.5, 0.6) is 11.5 Å². The Hall–Kier alpha value is -1.59. The van der Waals surface area contributed by atoms with Gasteiger partial charge in [-0.15, -0.1) is 0 Å². The third-order valence-electron chi connectivity index (χ3n) is 2.58. The molecule has 0 aliphatic heterocycles. The van der Waals surface area contributed by atoms with Crippen LogP contribution in [0.2, 0.25) is 0 Å². The molecule has 0 radical (unpaired) electrons. The molecule has 0 saturated heterocycles. The quantitative estimate of drug-likeness (QED) is 0.874. The average molecular weight is 341 g/mol. The highest BCUT2D eigenvalue weighted by atomic mass is 79.9. The number of para-hydroxylation sites is 2. The molecule has 0 aliphatic carbocycles. The Bertz CT molecular complexity index is 575. The van der Waals surface area contributed by atoms with Crippen molar-refractivity contribution >= 4 is 15.9 Å². The lowest BCUT2D eigenvalue weighted by Crippen LogP contribution is -2.04. The molecule has 0 unspecified atom stereocenters. The highest BCUT2D eigenvalue weighted by Crippen LogP contribution is 2.27. The van der Waals surface area contributed by atoms with Gasteiger partial charge in [0.2, 0.25) is 0 Å². The van der Waals surface area contributed by atoms with Crippen LogP contribution in [0.1, 0.15) is 5.56 Å². The molecule has 2 rings (SSSR count). The maximum Gasteiger partial charge on any atom is 0.161 e. The summed E-state index contributed by atoms with van der Waals surface area (Å²) in [5, 5.41) is 8.78. The van der Waals surface area contributed by atoms with Gasteiger partial charge < -0.3 is 14.6 Å². The Kier molecular flexibility index (Phi) is 5.38. The van der Waals surface area contributed by atoms with E-state index in [1.807, 2.05) is 12.1 Å². The maximum absolute atomic E-state index is 13.1. The number of rotatable bonds is 6. The van der Waals surface area contributed by atoms with Crippen LogP contribution in [-0.2, 0) is 6.61 Å². The summed E-state index contributed by atoms with van der Waals surface area (Å²) in [6, 6.07) is 11.9. The molecule has 0 aliphatic rings. The van der Waals surface area contributed by atoms with E-state index in [4.69, 9.17) is 14.6 Å².